The number of aryl methyl sites for hydroxylation is 1. The summed E-state index contributed by atoms with van der Waals surface area (Å²) in [6, 6.07) is 8.69. The Hall–Kier alpha value is -3.03. The van der Waals surface area contributed by atoms with E-state index in [0.717, 1.165) is 5.56 Å². The molecule has 1 N–H and O–H groups in total. The molecule has 0 aliphatic carbocycles. The molecular formula is C13H13N7O. The minimum atomic E-state index is -0.638. The molecule has 21 heavy (non-hydrogen) atoms. The maximum absolute atomic E-state index is 12.6. The number of rotatable bonds is 4. The molecule has 0 aliphatic rings. The summed E-state index contributed by atoms with van der Waals surface area (Å²) < 4.78 is 3.03. The highest BCUT2D eigenvalue weighted by molar-refractivity contribution is 5.95. The molecule has 1 atom stereocenters. The largest absolute Gasteiger partial charge is 0.321 e. The van der Waals surface area contributed by atoms with Crippen LogP contribution in [0.4, 0.5) is 5.69 Å². The molecule has 8 heteroatoms. The minimum absolute atomic E-state index is 0.235. The van der Waals surface area contributed by atoms with Crippen molar-refractivity contribution < 1.29 is 4.79 Å². The van der Waals surface area contributed by atoms with Gasteiger partial charge < -0.3 is 5.32 Å². The van der Waals surface area contributed by atoms with Crippen molar-refractivity contribution in [1.82, 2.24) is 30.0 Å². The van der Waals surface area contributed by atoms with Crippen molar-refractivity contribution in [3.8, 4) is 0 Å². The van der Waals surface area contributed by atoms with Crippen molar-refractivity contribution in [2.75, 3.05) is 5.32 Å². The third kappa shape index (κ3) is 2.78. The lowest BCUT2D eigenvalue weighted by Crippen LogP contribution is -2.27. The number of carbonyl (C=O) groups is 1. The van der Waals surface area contributed by atoms with Crippen molar-refractivity contribution in [1.29, 1.82) is 0 Å². The Morgan fingerprint density at radius 3 is 2.71 bits per heavy atom. The fraction of sp³-hybridized carbons (Fsp3) is 0.154. The molecule has 3 rings (SSSR count). The van der Waals surface area contributed by atoms with Gasteiger partial charge in [-0.3, -0.25) is 9.48 Å². The standard InChI is InChI=1S/C13H13N7O/c1-19-8-11(7-15-19)16-13(21)12(20-9-14-17-18-20)10-5-3-2-4-6-10/h2-9,12H,1H3,(H,16,21)/t12-/m0/s1. The number of nitrogens with one attached hydrogen (secondary N) is 1. The Balaban J connectivity index is 1.90. The minimum Gasteiger partial charge on any atom is -0.321 e. The summed E-state index contributed by atoms with van der Waals surface area (Å²) in [5.74, 6) is -0.235. The van der Waals surface area contributed by atoms with Crippen LogP contribution in [0.3, 0.4) is 0 Å². The van der Waals surface area contributed by atoms with Gasteiger partial charge in [-0.1, -0.05) is 30.3 Å². The Kier molecular flexibility index (Phi) is 3.42. The number of hydrogen-bond acceptors (Lipinski definition) is 5. The van der Waals surface area contributed by atoms with Crippen molar-refractivity contribution in [2.45, 2.75) is 6.04 Å². The average molecular weight is 283 g/mol. The van der Waals surface area contributed by atoms with Gasteiger partial charge in [-0.05, 0) is 16.0 Å². The fourth-order valence-electron chi connectivity index (χ4n) is 2.04. The molecule has 0 spiro atoms. The van der Waals surface area contributed by atoms with Crippen LogP contribution in [0.25, 0.3) is 0 Å². The van der Waals surface area contributed by atoms with Gasteiger partial charge in [0.1, 0.15) is 6.33 Å². The SMILES string of the molecule is Cn1cc(NC(=O)[C@H](c2ccccc2)n2cnnn2)cn1. The first-order valence-corrected chi connectivity index (χ1v) is 6.31. The van der Waals surface area contributed by atoms with Crippen molar-refractivity contribution in [2.24, 2.45) is 7.05 Å². The molecule has 8 nitrogen and oxygen atoms in total. The van der Waals surface area contributed by atoms with E-state index in [1.54, 1.807) is 24.1 Å². The highest BCUT2D eigenvalue weighted by Crippen LogP contribution is 2.19. The zero-order chi connectivity index (χ0) is 14.7. The number of anilines is 1. The smallest absolute Gasteiger partial charge is 0.254 e. The molecule has 0 bridgehead atoms. The van der Waals surface area contributed by atoms with E-state index in [2.05, 4.69) is 25.9 Å². The molecule has 0 fully saturated rings. The van der Waals surface area contributed by atoms with Gasteiger partial charge in [0.05, 0.1) is 11.9 Å². The lowest BCUT2D eigenvalue weighted by molar-refractivity contribution is -0.118. The highest BCUT2D eigenvalue weighted by atomic mass is 16.2. The molecule has 0 saturated carbocycles. The number of benzene rings is 1. The van der Waals surface area contributed by atoms with Gasteiger partial charge in [0, 0.05) is 13.2 Å². The molecule has 106 valence electrons. The predicted molar refractivity (Wildman–Crippen MR) is 74.2 cm³/mol. The normalized spacial score (nSPS) is 12.0. The lowest BCUT2D eigenvalue weighted by Gasteiger charge is -2.15. The molecule has 2 aromatic heterocycles. The second-order valence-corrected chi connectivity index (χ2v) is 4.49. The van der Waals surface area contributed by atoms with Gasteiger partial charge in [-0.15, -0.1) is 5.10 Å². The maximum atomic E-state index is 12.6. The number of hydrogen-bond donors (Lipinski definition) is 1. The third-order valence-corrected chi connectivity index (χ3v) is 2.97. The van der Waals surface area contributed by atoms with E-state index in [1.165, 1.54) is 11.0 Å². The van der Waals surface area contributed by atoms with Crippen LogP contribution in [-0.4, -0.2) is 35.9 Å². The molecule has 1 amide bonds. The van der Waals surface area contributed by atoms with E-state index >= 15 is 0 Å². The summed E-state index contributed by atoms with van der Waals surface area (Å²) in [7, 11) is 1.78. The van der Waals surface area contributed by atoms with E-state index in [4.69, 9.17) is 0 Å². The molecular weight excluding hydrogens is 270 g/mol. The molecule has 3 aromatic rings. The van der Waals surface area contributed by atoms with Gasteiger partial charge in [0.2, 0.25) is 0 Å². The Labute approximate surface area is 120 Å². The quantitative estimate of drug-likeness (QED) is 0.758. The summed E-state index contributed by atoms with van der Waals surface area (Å²) >= 11 is 0. The molecule has 1 aromatic carbocycles. The van der Waals surface area contributed by atoms with E-state index < -0.39 is 6.04 Å². The lowest BCUT2D eigenvalue weighted by atomic mass is 10.1. The van der Waals surface area contributed by atoms with Crippen LogP contribution in [-0.2, 0) is 11.8 Å². The Morgan fingerprint density at radius 1 is 1.29 bits per heavy atom. The van der Waals surface area contributed by atoms with Gasteiger partial charge in [-0.25, -0.2) is 4.68 Å². The van der Waals surface area contributed by atoms with Crippen molar-refractivity contribution >= 4 is 11.6 Å². The van der Waals surface area contributed by atoms with E-state index in [0.29, 0.717) is 5.69 Å². The number of amides is 1. The number of nitrogens with zero attached hydrogens (tertiary/aromatic N) is 6. The number of aromatic nitrogens is 6. The Bertz CT molecular complexity index is 720. The zero-order valence-corrected chi connectivity index (χ0v) is 11.3. The molecule has 2 heterocycles. The summed E-state index contributed by atoms with van der Waals surface area (Å²) in [6.45, 7) is 0. The molecule has 0 saturated heterocycles. The van der Waals surface area contributed by atoms with Gasteiger partial charge in [-0.2, -0.15) is 5.10 Å². The first-order chi connectivity index (χ1) is 10.2. The summed E-state index contributed by atoms with van der Waals surface area (Å²) in [5, 5.41) is 17.9. The summed E-state index contributed by atoms with van der Waals surface area (Å²) in [5.41, 5.74) is 1.42. The van der Waals surface area contributed by atoms with Crippen molar-refractivity contribution in [3.05, 3.63) is 54.6 Å². The number of carbonyl (C=O) groups excluding carboxylic acids is 1. The fourth-order valence-corrected chi connectivity index (χ4v) is 2.04. The highest BCUT2D eigenvalue weighted by Gasteiger charge is 2.24. The second-order valence-electron chi connectivity index (χ2n) is 4.49. The topological polar surface area (TPSA) is 90.5 Å². The summed E-state index contributed by atoms with van der Waals surface area (Å²) in [4.78, 5) is 12.6. The maximum Gasteiger partial charge on any atom is 0.254 e. The van der Waals surface area contributed by atoms with Crippen LogP contribution >= 0.6 is 0 Å². The molecule has 0 radical (unpaired) electrons. The average Bonchev–Trinajstić information content (AvgIpc) is 3.13. The third-order valence-electron chi connectivity index (χ3n) is 2.97. The van der Waals surface area contributed by atoms with E-state index in [1.807, 2.05) is 30.3 Å². The van der Waals surface area contributed by atoms with Crippen LogP contribution < -0.4 is 5.32 Å². The van der Waals surface area contributed by atoms with Gasteiger partial charge >= 0.3 is 0 Å². The van der Waals surface area contributed by atoms with Gasteiger partial charge in [0.25, 0.3) is 5.91 Å². The Morgan fingerprint density at radius 2 is 2.10 bits per heavy atom. The van der Waals surface area contributed by atoms with Crippen LogP contribution in [0.1, 0.15) is 11.6 Å². The monoisotopic (exact) mass is 283 g/mol. The number of tetrazole rings is 1. The second kappa shape index (κ2) is 5.53. The van der Waals surface area contributed by atoms with Crippen LogP contribution in [0.5, 0.6) is 0 Å². The molecule has 0 unspecified atom stereocenters. The van der Waals surface area contributed by atoms with Crippen molar-refractivity contribution in [3.63, 3.8) is 0 Å². The van der Waals surface area contributed by atoms with Crippen LogP contribution in [0.15, 0.2) is 49.1 Å². The van der Waals surface area contributed by atoms with E-state index in [9.17, 15) is 4.79 Å². The first-order valence-electron chi connectivity index (χ1n) is 6.31. The van der Waals surface area contributed by atoms with E-state index in [-0.39, 0.29) is 5.91 Å². The van der Waals surface area contributed by atoms with Crippen LogP contribution in [0.2, 0.25) is 0 Å². The zero-order valence-electron chi connectivity index (χ0n) is 11.3. The van der Waals surface area contributed by atoms with Gasteiger partial charge in [0.15, 0.2) is 6.04 Å². The molecule has 0 aliphatic heterocycles. The summed E-state index contributed by atoms with van der Waals surface area (Å²) in [6.07, 6.45) is 4.72. The van der Waals surface area contributed by atoms with Crippen LogP contribution in [0, 0.1) is 0 Å². The first kappa shape index (κ1) is 13.0. The predicted octanol–water partition coefficient (Wildman–Crippen LogP) is 0.635.